The Bertz CT molecular complexity index is 968. The van der Waals surface area contributed by atoms with Crippen molar-refractivity contribution >= 4 is 33.2 Å². The number of nitrogens with one attached hydrogen (secondary N) is 1. The molecule has 0 atom stereocenters. The number of morpholine rings is 1. The molecule has 1 N–H and O–H groups in total. The highest BCUT2D eigenvalue weighted by Crippen LogP contribution is 2.24. The van der Waals surface area contributed by atoms with Gasteiger partial charge in [0, 0.05) is 30.2 Å². The molecule has 0 unspecified atom stereocenters. The molecule has 28 heavy (non-hydrogen) atoms. The van der Waals surface area contributed by atoms with Crippen LogP contribution >= 0.6 is 11.6 Å². The summed E-state index contributed by atoms with van der Waals surface area (Å²) < 4.78 is 34.2. The van der Waals surface area contributed by atoms with E-state index in [1.807, 2.05) is 0 Å². The van der Waals surface area contributed by atoms with Crippen LogP contribution in [0.3, 0.4) is 0 Å². The van der Waals surface area contributed by atoms with E-state index in [9.17, 15) is 13.2 Å². The van der Waals surface area contributed by atoms with Gasteiger partial charge in [-0.15, -0.1) is 0 Å². The monoisotopic (exact) mass is 426 g/mol. The van der Waals surface area contributed by atoms with Crippen molar-refractivity contribution in [3.8, 4) is 0 Å². The molecule has 1 amide bonds. The molecule has 8 nitrogen and oxygen atoms in total. The van der Waals surface area contributed by atoms with Crippen molar-refractivity contribution in [2.75, 3.05) is 31.6 Å². The molecular formula is C18H23ClN4O4S. The second kappa shape index (κ2) is 8.60. The standard InChI is InChI=1S/C18H23ClN4O4S/c1-13-18(28(25,26)22-8-10-27-11-9-22)14(2)23(21-13)7-6-17(24)20-16-5-3-4-15(19)12-16/h3-5,12H,6-11H2,1-2H3,(H,20,24). The average molecular weight is 427 g/mol. The second-order valence-corrected chi connectivity index (χ2v) is 8.86. The topological polar surface area (TPSA) is 93.5 Å². The maximum Gasteiger partial charge on any atom is 0.246 e. The summed E-state index contributed by atoms with van der Waals surface area (Å²) in [6.07, 6.45) is 0.158. The predicted molar refractivity (Wildman–Crippen MR) is 106 cm³/mol. The predicted octanol–water partition coefficient (Wildman–Crippen LogP) is 2.20. The van der Waals surface area contributed by atoms with Crippen molar-refractivity contribution in [1.82, 2.24) is 14.1 Å². The Kier molecular flexibility index (Phi) is 6.39. The van der Waals surface area contributed by atoms with Crippen molar-refractivity contribution < 1.29 is 17.9 Å². The fourth-order valence-corrected chi connectivity index (χ4v) is 5.16. The molecule has 1 saturated heterocycles. The smallest absolute Gasteiger partial charge is 0.246 e. The van der Waals surface area contributed by atoms with Gasteiger partial charge < -0.3 is 10.1 Å². The fourth-order valence-electron chi connectivity index (χ4n) is 3.18. The van der Waals surface area contributed by atoms with Crippen LogP contribution in [-0.4, -0.2) is 54.7 Å². The highest BCUT2D eigenvalue weighted by atomic mass is 35.5. The Hall–Kier alpha value is -1.94. The summed E-state index contributed by atoms with van der Waals surface area (Å²) in [6.45, 7) is 5.08. The van der Waals surface area contributed by atoms with Crippen LogP contribution in [0.4, 0.5) is 5.69 Å². The summed E-state index contributed by atoms with van der Waals surface area (Å²) in [5, 5.41) is 7.65. The zero-order valence-corrected chi connectivity index (χ0v) is 17.4. The molecule has 1 fully saturated rings. The van der Waals surface area contributed by atoms with Gasteiger partial charge >= 0.3 is 0 Å². The lowest BCUT2D eigenvalue weighted by Gasteiger charge is -2.26. The van der Waals surface area contributed by atoms with Crippen molar-refractivity contribution in [3.05, 3.63) is 40.7 Å². The first-order chi connectivity index (χ1) is 13.3. The van der Waals surface area contributed by atoms with Gasteiger partial charge in [-0.05, 0) is 32.0 Å². The number of aromatic nitrogens is 2. The highest BCUT2D eigenvalue weighted by Gasteiger charge is 2.32. The van der Waals surface area contributed by atoms with Crippen molar-refractivity contribution in [3.63, 3.8) is 0 Å². The van der Waals surface area contributed by atoms with Crippen molar-refractivity contribution in [2.24, 2.45) is 0 Å². The van der Waals surface area contributed by atoms with Gasteiger partial charge in [-0.2, -0.15) is 9.40 Å². The number of hydrogen-bond donors (Lipinski definition) is 1. The van der Waals surface area contributed by atoms with Gasteiger partial charge in [-0.1, -0.05) is 17.7 Å². The first kappa shape index (κ1) is 20.8. The molecule has 0 saturated carbocycles. The molecule has 1 aliphatic heterocycles. The molecule has 1 aliphatic rings. The largest absolute Gasteiger partial charge is 0.379 e. The molecule has 152 valence electrons. The minimum atomic E-state index is -3.64. The summed E-state index contributed by atoms with van der Waals surface area (Å²) in [6, 6.07) is 6.89. The van der Waals surface area contributed by atoms with E-state index in [4.69, 9.17) is 16.3 Å². The maximum absolute atomic E-state index is 13.0. The van der Waals surface area contributed by atoms with Crippen LogP contribution in [0, 0.1) is 13.8 Å². The summed E-state index contributed by atoms with van der Waals surface area (Å²) in [4.78, 5) is 12.4. The Morgan fingerprint density at radius 3 is 2.68 bits per heavy atom. The van der Waals surface area contributed by atoms with Gasteiger partial charge in [0.15, 0.2) is 0 Å². The number of sulfonamides is 1. The highest BCUT2D eigenvalue weighted by molar-refractivity contribution is 7.89. The van der Waals surface area contributed by atoms with Crippen LogP contribution in [0.25, 0.3) is 0 Å². The van der Waals surface area contributed by atoms with E-state index in [0.717, 1.165) is 0 Å². The number of benzene rings is 1. The third kappa shape index (κ3) is 4.54. The zero-order valence-electron chi connectivity index (χ0n) is 15.8. The molecule has 1 aromatic heterocycles. The minimum Gasteiger partial charge on any atom is -0.379 e. The third-order valence-corrected chi connectivity index (χ3v) is 6.93. The third-order valence-electron chi connectivity index (χ3n) is 4.54. The molecule has 0 spiro atoms. The van der Waals surface area contributed by atoms with E-state index in [-0.39, 0.29) is 23.8 Å². The molecule has 0 bridgehead atoms. The number of halogens is 1. The molecule has 0 aliphatic carbocycles. The first-order valence-electron chi connectivity index (χ1n) is 8.96. The number of rotatable bonds is 6. The fraction of sp³-hybridized carbons (Fsp3) is 0.444. The van der Waals surface area contributed by atoms with Crippen molar-refractivity contribution in [2.45, 2.75) is 31.7 Å². The molecule has 0 radical (unpaired) electrons. The second-order valence-electron chi connectivity index (χ2n) is 6.55. The van der Waals surface area contributed by atoms with E-state index in [1.54, 1.807) is 42.8 Å². The number of amides is 1. The van der Waals surface area contributed by atoms with Gasteiger partial charge in [0.05, 0.1) is 31.1 Å². The van der Waals surface area contributed by atoms with Crippen LogP contribution in [0.5, 0.6) is 0 Å². The lowest BCUT2D eigenvalue weighted by atomic mass is 10.3. The number of carbonyl (C=O) groups is 1. The molecule has 3 rings (SSSR count). The molecule has 10 heteroatoms. The molecular weight excluding hydrogens is 404 g/mol. The number of ether oxygens (including phenoxy) is 1. The van der Waals surface area contributed by atoms with E-state index < -0.39 is 10.0 Å². The van der Waals surface area contributed by atoms with Crippen LogP contribution in [-0.2, 0) is 26.1 Å². The quantitative estimate of drug-likeness (QED) is 0.764. The van der Waals surface area contributed by atoms with Gasteiger partial charge in [-0.3, -0.25) is 9.48 Å². The molecule has 2 aromatic rings. The van der Waals surface area contributed by atoms with E-state index in [1.165, 1.54) is 4.31 Å². The molecule has 1 aromatic carbocycles. The SMILES string of the molecule is Cc1nn(CCC(=O)Nc2cccc(Cl)c2)c(C)c1S(=O)(=O)N1CCOCC1. The summed E-state index contributed by atoms with van der Waals surface area (Å²) in [5.41, 5.74) is 1.57. The summed E-state index contributed by atoms with van der Waals surface area (Å²) in [7, 11) is -3.64. The van der Waals surface area contributed by atoms with E-state index in [0.29, 0.717) is 48.4 Å². The first-order valence-corrected chi connectivity index (χ1v) is 10.8. The number of hydrogen-bond acceptors (Lipinski definition) is 5. The summed E-state index contributed by atoms with van der Waals surface area (Å²) in [5.74, 6) is -0.201. The van der Waals surface area contributed by atoms with E-state index >= 15 is 0 Å². The van der Waals surface area contributed by atoms with Crippen LogP contribution in [0.1, 0.15) is 17.8 Å². The average Bonchev–Trinajstić information content (AvgIpc) is 2.95. The Morgan fingerprint density at radius 2 is 2.00 bits per heavy atom. The Morgan fingerprint density at radius 1 is 1.29 bits per heavy atom. The zero-order chi connectivity index (χ0) is 20.3. The number of anilines is 1. The van der Waals surface area contributed by atoms with Gasteiger partial charge in [0.25, 0.3) is 0 Å². The number of aryl methyl sites for hydroxylation is 2. The summed E-state index contributed by atoms with van der Waals surface area (Å²) >= 11 is 5.91. The van der Waals surface area contributed by atoms with Gasteiger partial charge in [0.1, 0.15) is 4.90 Å². The maximum atomic E-state index is 13.0. The van der Waals surface area contributed by atoms with Gasteiger partial charge in [-0.25, -0.2) is 8.42 Å². The van der Waals surface area contributed by atoms with Crippen LogP contribution in [0.2, 0.25) is 5.02 Å². The Labute approximate surface area is 169 Å². The number of nitrogens with zero attached hydrogens (tertiary/aromatic N) is 3. The lowest BCUT2D eigenvalue weighted by molar-refractivity contribution is -0.116. The van der Waals surface area contributed by atoms with Crippen LogP contribution < -0.4 is 5.32 Å². The molecule has 2 heterocycles. The van der Waals surface area contributed by atoms with Gasteiger partial charge in [0.2, 0.25) is 15.9 Å². The normalized spacial score (nSPS) is 15.5. The minimum absolute atomic E-state index is 0.158. The lowest BCUT2D eigenvalue weighted by Crippen LogP contribution is -2.41. The Balaban J connectivity index is 1.70. The van der Waals surface area contributed by atoms with Crippen LogP contribution in [0.15, 0.2) is 29.2 Å². The number of carbonyl (C=O) groups excluding carboxylic acids is 1. The van der Waals surface area contributed by atoms with Crippen molar-refractivity contribution in [1.29, 1.82) is 0 Å². The van der Waals surface area contributed by atoms with E-state index in [2.05, 4.69) is 10.4 Å².